The molecule has 0 unspecified atom stereocenters. The molecule has 134 valence electrons. The number of carbonyl (C=O) groups is 1. The van der Waals surface area contributed by atoms with Crippen LogP contribution < -0.4 is 0 Å². The van der Waals surface area contributed by atoms with E-state index in [-0.39, 0.29) is 36.5 Å². The van der Waals surface area contributed by atoms with E-state index >= 15 is 0 Å². The summed E-state index contributed by atoms with van der Waals surface area (Å²) in [7, 11) is 0. The van der Waals surface area contributed by atoms with E-state index in [0.29, 0.717) is 16.9 Å². The van der Waals surface area contributed by atoms with Gasteiger partial charge in [0.15, 0.2) is 6.61 Å². The number of carbonyl (C=O) groups excluding carboxylic acids is 1. The third-order valence-corrected chi connectivity index (χ3v) is 4.59. The fourth-order valence-corrected chi connectivity index (χ4v) is 3.00. The average molecular weight is 372 g/mol. The maximum Gasteiger partial charge on any atom is 0.307 e. The van der Waals surface area contributed by atoms with Crippen LogP contribution in [-0.4, -0.2) is 21.9 Å². The maximum atomic E-state index is 13.6. The van der Waals surface area contributed by atoms with Crippen molar-refractivity contribution in [1.29, 1.82) is 0 Å². The highest BCUT2D eigenvalue weighted by molar-refractivity contribution is 7.99. The molecule has 1 aromatic heterocycles. The third-order valence-electron chi connectivity index (χ3n) is 3.57. The smallest absolute Gasteiger partial charge is 0.307 e. The third kappa shape index (κ3) is 4.92. The second-order valence-electron chi connectivity index (χ2n) is 5.55. The van der Waals surface area contributed by atoms with E-state index in [4.69, 9.17) is 9.26 Å². The molecular weight excluding hydrogens is 355 g/mol. The lowest BCUT2D eigenvalue weighted by molar-refractivity contribution is -0.145. The van der Waals surface area contributed by atoms with Crippen LogP contribution in [-0.2, 0) is 16.1 Å². The predicted molar refractivity (Wildman–Crippen MR) is 96.0 cm³/mol. The molecule has 0 atom stereocenters. The van der Waals surface area contributed by atoms with Gasteiger partial charge in [-0.2, -0.15) is 4.98 Å². The van der Waals surface area contributed by atoms with Crippen molar-refractivity contribution in [2.45, 2.75) is 24.8 Å². The number of nitrogens with zero attached hydrogens (tertiary/aromatic N) is 2. The van der Waals surface area contributed by atoms with E-state index in [9.17, 15) is 9.18 Å². The molecule has 0 radical (unpaired) electrons. The Bertz CT molecular complexity index is 884. The summed E-state index contributed by atoms with van der Waals surface area (Å²) < 4.78 is 23.8. The molecule has 0 bridgehead atoms. The number of thioether (sulfide) groups is 1. The normalized spacial score (nSPS) is 10.7. The van der Waals surface area contributed by atoms with Crippen molar-refractivity contribution in [1.82, 2.24) is 10.1 Å². The van der Waals surface area contributed by atoms with E-state index in [0.717, 1.165) is 4.90 Å². The summed E-state index contributed by atoms with van der Waals surface area (Å²) in [6.45, 7) is 1.58. The van der Waals surface area contributed by atoms with Crippen molar-refractivity contribution in [3.05, 3.63) is 65.8 Å². The van der Waals surface area contributed by atoms with Crippen LogP contribution in [0.15, 0.2) is 57.9 Å². The number of halogens is 1. The second-order valence-corrected chi connectivity index (χ2v) is 6.72. The molecule has 0 fully saturated rings. The first-order chi connectivity index (χ1) is 12.6. The zero-order chi connectivity index (χ0) is 18.4. The topological polar surface area (TPSA) is 65.2 Å². The summed E-state index contributed by atoms with van der Waals surface area (Å²) in [5.41, 5.74) is 1.05. The quantitative estimate of drug-likeness (QED) is 0.452. The van der Waals surface area contributed by atoms with Crippen LogP contribution in [0.5, 0.6) is 0 Å². The first kappa shape index (κ1) is 18.1. The minimum absolute atomic E-state index is 0.101. The van der Waals surface area contributed by atoms with Gasteiger partial charge in [-0.05, 0) is 30.7 Å². The number of aromatic nitrogens is 2. The highest BCUT2D eigenvalue weighted by Gasteiger charge is 2.12. The van der Waals surface area contributed by atoms with Crippen molar-refractivity contribution in [3.8, 4) is 11.4 Å². The number of ether oxygens (including phenoxy) is 1. The van der Waals surface area contributed by atoms with Crippen LogP contribution in [0.3, 0.4) is 0 Å². The Morgan fingerprint density at radius 2 is 2.04 bits per heavy atom. The second kappa shape index (κ2) is 8.62. The van der Waals surface area contributed by atoms with Crippen molar-refractivity contribution < 1.29 is 18.4 Å². The van der Waals surface area contributed by atoms with E-state index in [2.05, 4.69) is 10.1 Å². The first-order valence-electron chi connectivity index (χ1n) is 8.04. The number of aryl methyl sites for hydroxylation is 1. The molecule has 5 nitrogen and oxygen atoms in total. The highest BCUT2D eigenvalue weighted by Crippen LogP contribution is 2.20. The number of rotatable bonds is 7. The lowest BCUT2D eigenvalue weighted by Gasteiger charge is -2.02. The van der Waals surface area contributed by atoms with Crippen LogP contribution in [0.1, 0.15) is 17.9 Å². The molecule has 0 aliphatic rings. The zero-order valence-electron chi connectivity index (χ0n) is 14.1. The number of hydrogen-bond donors (Lipinski definition) is 0. The molecule has 26 heavy (non-hydrogen) atoms. The standard InChI is InChI=1S/C19H17FN2O3S/c1-13-7-8-14(11-16(13)20)19-21-17(25-22-19)12-24-18(23)9-10-26-15-5-3-2-4-6-15/h2-8,11H,9-10,12H2,1H3. The van der Waals surface area contributed by atoms with Crippen LogP contribution in [0.2, 0.25) is 0 Å². The summed E-state index contributed by atoms with van der Waals surface area (Å²) in [6, 6.07) is 14.5. The van der Waals surface area contributed by atoms with E-state index in [1.54, 1.807) is 30.8 Å². The van der Waals surface area contributed by atoms with Gasteiger partial charge in [0.25, 0.3) is 5.89 Å². The van der Waals surface area contributed by atoms with Crippen LogP contribution >= 0.6 is 11.8 Å². The molecule has 3 aromatic rings. The van der Waals surface area contributed by atoms with Crippen molar-refractivity contribution in [3.63, 3.8) is 0 Å². The largest absolute Gasteiger partial charge is 0.456 e. The van der Waals surface area contributed by atoms with Crippen LogP contribution in [0, 0.1) is 12.7 Å². The van der Waals surface area contributed by atoms with Crippen molar-refractivity contribution in [2.24, 2.45) is 0 Å². The minimum atomic E-state index is -0.338. The van der Waals surface area contributed by atoms with Gasteiger partial charge in [0.05, 0.1) is 6.42 Å². The summed E-state index contributed by atoms with van der Waals surface area (Å²) in [5.74, 6) is 0.381. The predicted octanol–water partition coefficient (Wildman–Crippen LogP) is 4.41. The molecule has 0 saturated heterocycles. The van der Waals surface area contributed by atoms with Gasteiger partial charge in [-0.1, -0.05) is 35.5 Å². The molecular formula is C19H17FN2O3S. The number of hydrogen-bond acceptors (Lipinski definition) is 6. The fourth-order valence-electron chi connectivity index (χ4n) is 2.15. The van der Waals surface area contributed by atoms with Crippen LogP contribution in [0.25, 0.3) is 11.4 Å². The molecule has 0 aliphatic carbocycles. The Kier molecular flexibility index (Phi) is 6.01. The minimum Gasteiger partial charge on any atom is -0.456 e. The molecule has 1 heterocycles. The van der Waals surface area contributed by atoms with Gasteiger partial charge in [-0.3, -0.25) is 4.79 Å². The molecule has 0 N–H and O–H groups in total. The van der Waals surface area contributed by atoms with Gasteiger partial charge < -0.3 is 9.26 Å². The monoisotopic (exact) mass is 372 g/mol. The van der Waals surface area contributed by atoms with Gasteiger partial charge in [-0.25, -0.2) is 4.39 Å². The zero-order valence-corrected chi connectivity index (χ0v) is 15.0. The van der Waals surface area contributed by atoms with E-state index in [1.807, 2.05) is 30.3 Å². The molecule has 7 heteroatoms. The Hall–Kier alpha value is -2.67. The number of esters is 1. The van der Waals surface area contributed by atoms with Gasteiger partial charge in [-0.15, -0.1) is 11.8 Å². The van der Waals surface area contributed by atoms with Gasteiger partial charge in [0, 0.05) is 16.2 Å². The molecule has 0 spiro atoms. The molecule has 0 saturated carbocycles. The summed E-state index contributed by atoms with van der Waals surface area (Å²) in [4.78, 5) is 17.0. The lowest BCUT2D eigenvalue weighted by Crippen LogP contribution is -2.05. The van der Waals surface area contributed by atoms with Gasteiger partial charge in [0.2, 0.25) is 5.82 Å². The summed E-state index contributed by atoms with van der Waals surface area (Å²) in [6.07, 6.45) is 0.281. The lowest BCUT2D eigenvalue weighted by atomic mass is 10.1. The SMILES string of the molecule is Cc1ccc(-c2noc(COC(=O)CCSc3ccccc3)n2)cc1F. The Morgan fingerprint density at radius 1 is 1.23 bits per heavy atom. The molecule has 2 aromatic carbocycles. The summed E-state index contributed by atoms with van der Waals surface area (Å²) >= 11 is 1.59. The molecule has 0 aliphatic heterocycles. The summed E-state index contributed by atoms with van der Waals surface area (Å²) in [5, 5.41) is 3.79. The van der Waals surface area contributed by atoms with Crippen molar-refractivity contribution >= 4 is 17.7 Å². The Labute approximate surface area is 154 Å². The van der Waals surface area contributed by atoms with Crippen molar-refractivity contribution in [2.75, 3.05) is 5.75 Å². The maximum absolute atomic E-state index is 13.6. The van der Waals surface area contributed by atoms with Gasteiger partial charge in [0.1, 0.15) is 5.82 Å². The fraction of sp³-hybridized carbons (Fsp3) is 0.211. The number of benzene rings is 2. The first-order valence-corrected chi connectivity index (χ1v) is 9.03. The van der Waals surface area contributed by atoms with Crippen LogP contribution in [0.4, 0.5) is 4.39 Å². The highest BCUT2D eigenvalue weighted by atomic mass is 32.2. The molecule has 3 rings (SSSR count). The van der Waals surface area contributed by atoms with E-state index in [1.165, 1.54) is 6.07 Å². The molecule has 0 amide bonds. The van der Waals surface area contributed by atoms with E-state index < -0.39 is 0 Å². The van der Waals surface area contributed by atoms with Gasteiger partial charge >= 0.3 is 5.97 Å². The Balaban J connectivity index is 1.47. The Morgan fingerprint density at radius 3 is 2.81 bits per heavy atom. The average Bonchev–Trinajstić information content (AvgIpc) is 3.12.